The Hall–Kier alpha value is -1.10. The van der Waals surface area contributed by atoms with E-state index in [2.05, 4.69) is 0 Å². The van der Waals surface area contributed by atoms with Crippen LogP contribution in [0.25, 0.3) is 0 Å². The average molecular weight is 239 g/mol. The lowest BCUT2D eigenvalue weighted by atomic mass is 9.99. The lowest BCUT2D eigenvalue weighted by molar-refractivity contribution is -0.144. The van der Waals surface area contributed by atoms with Gasteiger partial charge in [0.25, 0.3) is 0 Å². The maximum atomic E-state index is 12.2. The molecule has 2 N–H and O–H groups in total. The average Bonchev–Trinajstić information content (AvgIpc) is 3.00. The summed E-state index contributed by atoms with van der Waals surface area (Å²) in [5.74, 6) is -1.61. The summed E-state index contributed by atoms with van der Waals surface area (Å²) in [7, 11) is 0. The van der Waals surface area contributed by atoms with Gasteiger partial charge in [0.05, 0.1) is 17.9 Å². The first kappa shape index (κ1) is 11.0. The van der Waals surface area contributed by atoms with Gasteiger partial charge in [-0.3, -0.25) is 9.59 Å². The Bertz CT molecular complexity index is 356. The topological polar surface area (TPSA) is 77.8 Å². The molecule has 5 nitrogen and oxygen atoms in total. The molecule has 1 amide bonds. The van der Waals surface area contributed by atoms with E-state index < -0.39 is 11.9 Å². The molecular weight excluding hydrogens is 222 g/mol. The molecule has 94 valence electrons. The smallest absolute Gasteiger partial charge is 0.307 e. The summed E-state index contributed by atoms with van der Waals surface area (Å²) in [4.78, 5) is 24.9. The number of fused-ring (bicyclic) bond motifs is 2. The van der Waals surface area contributed by atoms with Crippen molar-refractivity contribution >= 4 is 11.9 Å². The number of nitrogens with zero attached hydrogens (tertiary/aromatic N) is 1. The zero-order valence-electron chi connectivity index (χ0n) is 9.58. The lowest BCUT2D eigenvalue weighted by Gasteiger charge is -2.37. The van der Waals surface area contributed by atoms with E-state index >= 15 is 0 Å². The third-order valence-corrected chi connectivity index (χ3v) is 4.39. The van der Waals surface area contributed by atoms with Crippen LogP contribution >= 0.6 is 0 Å². The zero-order valence-corrected chi connectivity index (χ0v) is 9.58. The number of amides is 1. The number of carboxylic acid groups (broad SMARTS) is 1. The van der Waals surface area contributed by atoms with Gasteiger partial charge in [-0.25, -0.2) is 0 Å². The molecule has 2 unspecified atom stereocenters. The Labute approximate surface area is 99.4 Å². The van der Waals surface area contributed by atoms with Gasteiger partial charge in [0.2, 0.25) is 5.91 Å². The van der Waals surface area contributed by atoms with Crippen LogP contribution in [0.3, 0.4) is 0 Å². The van der Waals surface area contributed by atoms with E-state index in [1.54, 1.807) is 0 Å². The number of carbonyl (C=O) groups is 2. The van der Waals surface area contributed by atoms with E-state index in [4.69, 9.17) is 5.11 Å². The Morgan fingerprint density at radius 2 is 1.59 bits per heavy atom. The van der Waals surface area contributed by atoms with Crippen molar-refractivity contribution in [3.63, 3.8) is 0 Å². The molecule has 5 heteroatoms. The van der Waals surface area contributed by atoms with Crippen LogP contribution in [-0.4, -0.2) is 45.2 Å². The molecule has 0 spiro atoms. The normalized spacial score (nSPS) is 43.6. The molecule has 0 aromatic heterocycles. The zero-order chi connectivity index (χ0) is 12.2. The number of carboxylic acids is 1. The molecule has 2 aliphatic heterocycles. The molecule has 0 aromatic rings. The van der Waals surface area contributed by atoms with Crippen LogP contribution in [0, 0.1) is 11.8 Å². The lowest BCUT2D eigenvalue weighted by Crippen LogP contribution is -2.48. The van der Waals surface area contributed by atoms with Crippen LogP contribution in [-0.2, 0) is 9.59 Å². The van der Waals surface area contributed by atoms with Gasteiger partial charge in [0, 0.05) is 12.1 Å². The number of carbonyl (C=O) groups excluding carboxylic acids is 1. The van der Waals surface area contributed by atoms with Crippen molar-refractivity contribution in [3.8, 4) is 0 Å². The van der Waals surface area contributed by atoms with Crippen molar-refractivity contribution in [2.75, 3.05) is 0 Å². The molecule has 0 radical (unpaired) electrons. The Morgan fingerprint density at radius 3 is 2.06 bits per heavy atom. The molecule has 3 rings (SSSR count). The first-order chi connectivity index (χ1) is 8.08. The molecule has 2 bridgehead atoms. The van der Waals surface area contributed by atoms with Gasteiger partial charge >= 0.3 is 5.97 Å². The van der Waals surface area contributed by atoms with Gasteiger partial charge in [0.1, 0.15) is 0 Å². The van der Waals surface area contributed by atoms with Gasteiger partial charge in [-0.2, -0.15) is 0 Å². The maximum Gasteiger partial charge on any atom is 0.307 e. The van der Waals surface area contributed by atoms with Crippen LogP contribution in [0.15, 0.2) is 0 Å². The summed E-state index contributed by atoms with van der Waals surface area (Å²) >= 11 is 0. The number of rotatable bonds is 2. The first-order valence-corrected chi connectivity index (χ1v) is 6.31. The molecule has 1 saturated carbocycles. The van der Waals surface area contributed by atoms with Gasteiger partial charge in [-0.1, -0.05) is 0 Å². The van der Waals surface area contributed by atoms with Gasteiger partial charge in [0.15, 0.2) is 0 Å². The van der Waals surface area contributed by atoms with E-state index in [1.165, 1.54) is 0 Å². The van der Waals surface area contributed by atoms with Crippen LogP contribution < -0.4 is 0 Å². The van der Waals surface area contributed by atoms with Crippen LogP contribution in [0.4, 0.5) is 0 Å². The minimum absolute atomic E-state index is 0.0109. The number of aliphatic carboxylic acids is 1. The summed E-state index contributed by atoms with van der Waals surface area (Å²) in [6, 6.07) is 0.289. The van der Waals surface area contributed by atoms with Crippen molar-refractivity contribution in [1.29, 1.82) is 0 Å². The monoisotopic (exact) mass is 239 g/mol. The second kappa shape index (κ2) is 3.70. The van der Waals surface area contributed by atoms with Crippen LogP contribution in [0.5, 0.6) is 0 Å². The summed E-state index contributed by atoms with van der Waals surface area (Å²) in [6.45, 7) is 0. The third kappa shape index (κ3) is 1.73. The molecule has 2 saturated heterocycles. The van der Waals surface area contributed by atoms with Crippen molar-refractivity contribution in [1.82, 2.24) is 4.90 Å². The summed E-state index contributed by atoms with van der Waals surface area (Å²) in [6.07, 6.45) is 3.44. The highest BCUT2D eigenvalue weighted by molar-refractivity contribution is 5.90. The summed E-state index contributed by atoms with van der Waals surface area (Å²) in [5.41, 5.74) is 0. The van der Waals surface area contributed by atoms with E-state index in [0.29, 0.717) is 19.3 Å². The number of hydrogen-bond acceptors (Lipinski definition) is 3. The minimum Gasteiger partial charge on any atom is -0.481 e. The largest absolute Gasteiger partial charge is 0.481 e. The van der Waals surface area contributed by atoms with Crippen LogP contribution in [0.2, 0.25) is 0 Å². The third-order valence-electron chi connectivity index (χ3n) is 4.39. The molecule has 4 atom stereocenters. The molecular formula is C12H17NO4. The number of aliphatic hydroxyl groups excluding tert-OH is 1. The molecule has 1 aliphatic carbocycles. The highest BCUT2D eigenvalue weighted by Gasteiger charge is 2.53. The van der Waals surface area contributed by atoms with Crippen molar-refractivity contribution < 1.29 is 19.8 Å². The predicted octanol–water partition coefficient (Wildman–Crippen LogP) is 0.221. The Kier molecular flexibility index (Phi) is 2.40. The van der Waals surface area contributed by atoms with Crippen molar-refractivity contribution in [3.05, 3.63) is 0 Å². The fourth-order valence-corrected chi connectivity index (χ4v) is 3.44. The van der Waals surface area contributed by atoms with Crippen LogP contribution in [0.1, 0.15) is 32.1 Å². The van der Waals surface area contributed by atoms with Gasteiger partial charge in [-0.15, -0.1) is 0 Å². The molecule has 3 aliphatic rings. The molecule has 0 aromatic carbocycles. The number of aliphatic hydroxyl groups is 1. The van der Waals surface area contributed by atoms with E-state index in [1.807, 2.05) is 4.90 Å². The van der Waals surface area contributed by atoms with Gasteiger partial charge in [-0.05, 0) is 32.1 Å². The molecule has 2 heterocycles. The molecule has 17 heavy (non-hydrogen) atoms. The number of hydrogen-bond donors (Lipinski definition) is 2. The highest BCUT2D eigenvalue weighted by atomic mass is 16.4. The van der Waals surface area contributed by atoms with Crippen molar-refractivity contribution in [2.24, 2.45) is 11.8 Å². The summed E-state index contributed by atoms with van der Waals surface area (Å²) in [5, 5.41) is 18.5. The van der Waals surface area contributed by atoms with E-state index in [0.717, 1.165) is 12.8 Å². The first-order valence-electron chi connectivity index (χ1n) is 6.31. The minimum atomic E-state index is -0.854. The fraction of sp³-hybridized carbons (Fsp3) is 0.833. The van der Waals surface area contributed by atoms with Crippen molar-refractivity contribution in [2.45, 2.75) is 50.3 Å². The Morgan fingerprint density at radius 1 is 1.00 bits per heavy atom. The van der Waals surface area contributed by atoms with Gasteiger partial charge < -0.3 is 15.1 Å². The fourth-order valence-electron chi connectivity index (χ4n) is 3.44. The highest BCUT2D eigenvalue weighted by Crippen LogP contribution is 2.44. The Balaban J connectivity index is 1.70. The maximum absolute atomic E-state index is 12.2. The van der Waals surface area contributed by atoms with E-state index in [9.17, 15) is 14.7 Å². The quantitative estimate of drug-likeness (QED) is 0.722. The standard InChI is InChI=1S/C12H17NO4/c14-8-3-6-1-2-7(4-8)13(6)11(15)9-5-10(9)12(16)17/h6-10,14H,1-5H2,(H,16,17)/t6?,7?,8?,9-,10+/m1/s1. The second-order valence-corrected chi connectivity index (χ2v) is 5.54. The summed E-state index contributed by atoms with van der Waals surface area (Å²) < 4.78 is 0. The molecule has 3 fully saturated rings. The second-order valence-electron chi connectivity index (χ2n) is 5.54. The van der Waals surface area contributed by atoms with E-state index in [-0.39, 0.29) is 30.0 Å². The predicted molar refractivity (Wildman–Crippen MR) is 58.1 cm³/mol. The SMILES string of the molecule is O=C(O)[C@H]1C[C@H]1C(=O)N1C2CCC1CC(O)C2. The number of piperidine rings is 1.